The van der Waals surface area contributed by atoms with Gasteiger partial charge in [0, 0.05) is 18.7 Å². The number of ether oxygens (including phenoxy) is 1. The second kappa shape index (κ2) is 10.2. The van der Waals surface area contributed by atoms with E-state index in [0.717, 1.165) is 19.3 Å². The van der Waals surface area contributed by atoms with Crippen LogP contribution in [0.25, 0.3) is 0 Å². The van der Waals surface area contributed by atoms with Gasteiger partial charge in [0.05, 0.1) is 12.0 Å². The van der Waals surface area contributed by atoms with Crippen LogP contribution in [0.2, 0.25) is 0 Å². The number of carbonyl (C=O) groups is 3. The van der Waals surface area contributed by atoms with Gasteiger partial charge in [0.1, 0.15) is 0 Å². The highest BCUT2D eigenvalue weighted by Gasteiger charge is 2.43. The second-order valence-corrected chi connectivity index (χ2v) is 7.83. The number of nitrogens with zero attached hydrogens (tertiary/aromatic N) is 1. The van der Waals surface area contributed by atoms with Crippen LogP contribution < -0.4 is 0 Å². The van der Waals surface area contributed by atoms with E-state index in [9.17, 15) is 14.4 Å². The highest BCUT2D eigenvalue weighted by molar-refractivity contribution is 6.42. The third kappa shape index (κ3) is 5.15. The van der Waals surface area contributed by atoms with Crippen molar-refractivity contribution in [1.29, 1.82) is 0 Å². The molecule has 5 heteroatoms. The first kappa shape index (κ1) is 21.8. The summed E-state index contributed by atoms with van der Waals surface area (Å²) in [5.41, 5.74) is 1.06. The normalized spacial score (nSPS) is 15.4. The minimum atomic E-state index is -0.586. The van der Waals surface area contributed by atoms with Gasteiger partial charge in [-0.3, -0.25) is 14.4 Å². The predicted octanol–water partition coefficient (Wildman–Crippen LogP) is 4.06. The number of hydrogen-bond acceptors (Lipinski definition) is 4. The van der Waals surface area contributed by atoms with Gasteiger partial charge < -0.3 is 9.64 Å². The predicted molar refractivity (Wildman–Crippen MR) is 115 cm³/mol. The number of likely N-dealkylation sites (tertiary alicyclic amines) is 1. The Morgan fingerprint density at radius 1 is 0.933 bits per heavy atom. The third-order valence-electron chi connectivity index (χ3n) is 5.91. The van der Waals surface area contributed by atoms with E-state index < -0.39 is 17.1 Å². The molecule has 0 N–H and O–H groups in total. The van der Waals surface area contributed by atoms with Crippen molar-refractivity contribution >= 4 is 17.7 Å². The first-order valence-electron chi connectivity index (χ1n) is 10.7. The Labute approximate surface area is 178 Å². The molecule has 0 atom stereocenters. The first-order chi connectivity index (χ1) is 14.6. The molecule has 0 aliphatic carbocycles. The number of carbonyl (C=O) groups excluding carboxylic acids is 3. The molecule has 1 amide bonds. The van der Waals surface area contributed by atoms with Gasteiger partial charge in [-0.25, -0.2) is 0 Å². The molecule has 5 nitrogen and oxygen atoms in total. The van der Waals surface area contributed by atoms with Gasteiger partial charge >= 0.3 is 5.97 Å². The fourth-order valence-corrected chi connectivity index (χ4v) is 4.11. The molecule has 0 aromatic heterocycles. The lowest BCUT2D eigenvalue weighted by Crippen LogP contribution is -2.49. The molecule has 0 unspecified atom stereocenters. The summed E-state index contributed by atoms with van der Waals surface area (Å²) < 4.78 is 5.39. The SMILES string of the molecule is CCOC(=O)C1(CCCc2ccccc2)CCN(C(=O)C(=O)c2ccccc2)CC1. The topological polar surface area (TPSA) is 63.7 Å². The number of amides is 1. The molecule has 0 spiro atoms. The third-order valence-corrected chi connectivity index (χ3v) is 5.91. The number of piperidine rings is 1. The Balaban J connectivity index is 1.63. The van der Waals surface area contributed by atoms with E-state index in [0.29, 0.717) is 38.1 Å². The van der Waals surface area contributed by atoms with Crippen LogP contribution in [-0.2, 0) is 20.7 Å². The molecule has 2 aromatic carbocycles. The molecule has 1 heterocycles. The molecule has 0 radical (unpaired) electrons. The van der Waals surface area contributed by atoms with E-state index in [4.69, 9.17) is 4.74 Å². The van der Waals surface area contributed by atoms with Gasteiger partial charge in [0.15, 0.2) is 0 Å². The fourth-order valence-electron chi connectivity index (χ4n) is 4.11. The maximum absolute atomic E-state index is 12.8. The van der Waals surface area contributed by atoms with Gasteiger partial charge in [0.2, 0.25) is 5.78 Å². The molecule has 1 fully saturated rings. The van der Waals surface area contributed by atoms with Gasteiger partial charge in [-0.15, -0.1) is 0 Å². The minimum Gasteiger partial charge on any atom is -0.466 e. The van der Waals surface area contributed by atoms with Gasteiger partial charge in [-0.05, 0) is 44.6 Å². The van der Waals surface area contributed by atoms with E-state index in [1.165, 1.54) is 5.56 Å². The van der Waals surface area contributed by atoms with Crippen LogP contribution in [0.1, 0.15) is 48.5 Å². The van der Waals surface area contributed by atoms with Crippen molar-refractivity contribution in [3.8, 4) is 0 Å². The van der Waals surface area contributed by atoms with Gasteiger partial charge in [0.25, 0.3) is 5.91 Å². The van der Waals surface area contributed by atoms with E-state index in [1.807, 2.05) is 31.2 Å². The quantitative estimate of drug-likeness (QED) is 0.376. The molecule has 1 saturated heterocycles. The van der Waals surface area contributed by atoms with E-state index in [2.05, 4.69) is 12.1 Å². The van der Waals surface area contributed by atoms with Crippen molar-refractivity contribution in [2.75, 3.05) is 19.7 Å². The molecular weight excluding hydrogens is 378 g/mol. The Morgan fingerprint density at radius 3 is 2.13 bits per heavy atom. The molecule has 3 rings (SSSR count). The molecule has 0 saturated carbocycles. The highest BCUT2D eigenvalue weighted by Crippen LogP contribution is 2.38. The van der Waals surface area contributed by atoms with E-state index in [-0.39, 0.29) is 5.97 Å². The molecule has 1 aliphatic rings. The molecule has 0 bridgehead atoms. The van der Waals surface area contributed by atoms with Crippen molar-refractivity contribution in [1.82, 2.24) is 4.90 Å². The van der Waals surface area contributed by atoms with Gasteiger partial charge in [-0.2, -0.15) is 0 Å². The number of ketones is 1. The second-order valence-electron chi connectivity index (χ2n) is 7.83. The Morgan fingerprint density at radius 2 is 1.53 bits per heavy atom. The smallest absolute Gasteiger partial charge is 0.312 e. The maximum Gasteiger partial charge on any atom is 0.312 e. The van der Waals surface area contributed by atoms with Crippen molar-refractivity contribution in [2.45, 2.75) is 39.0 Å². The van der Waals surface area contributed by atoms with Crippen LogP contribution in [-0.4, -0.2) is 42.3 Å². The Hall–Kier alpha value is -2.95. The van der Waals surface area contributed by atoms with Crippen LogP contribution in [0.15, 0.2) is 60.7 Å². The molecule has 30 heavy (non-hydrogen) atoms. The summed E-state index contributed by atoms with van der Waals surface area (Å²) in [5.74, 6) is -1.18. The number of esters is 1. The number of hydrogen-bond donors (Lipinski definition) is 0. The van der Waals surface area contributed by atoms with E-state index in [1.54, 1.807) is 29.2 Å². The van der Waals surface area contributed by atoms with Crippen LogP contribution in [0.3, 0.4) is 0 Å². The number of benzene rings is 2. The summed E-state index contributed by atoms with van der Waals surface area (Å²) in [7, 11) is 0. The van der Waals surface area contributed by atoms with Crippen molar-refractivity contribution in [3.05, 3.63) is 71.8 Å². The minimum absolute atomic E-state index is 0.181. The summed E-state index contributed by atoms with van der Waals surface area (Å²) in [4.78, 5) is 39.5. The zero-order valence-electron chi connectivity index (χ0n) is 17.5. The summed E-state index contributed by atoms with van der Waals surface area (Å²) >= 11 is 0. The van der Waals surface area contributed by atoms with Crippen LogP contribution in [0, 0.1) is 5.41 Å². The fraction of sp³-hybridized carbons (Fsp3) is 0.400. The number of aryl methyl sites for hydroxylation is 1. The van der Waals surface area contributed by atoms with E-state index >= 15 is 0 Å². The Bertz CT molecular complexity index is 855. The Kier molecular flexibility index (Phi) is 7.39. The monoisotopic (exact) mass is 407 g/mol. The largest absolute Gasteiger partial charge is 0.466 e. The lowest BCUT2D eigenvalue weighted by Gasteiger charge is -2.39. The standard InChI is InChI=1S/C25H29NO4/c1-2-30-24(29)25(15-9-12-20-10-5-3-6-11-20)16-18-26(19-17-25)23(28)22(27)21-13-7-4-8-14-21/h3-8,10-11,13-14H,2,9,12,15-19H2,1H3. The van der Waals surface area contributed by atoms with Crippen molar-refractivity contribution in [3.63, 3.8) is 0 Å². The summed E-state index contributed by atoms with van der Waals surface area (Å²) in [5, 5.41) is 0. The summed E-state index contributed by atoms with van der Waals surface area (Å²) in [6, 6.07) is 18.8. The van der Waals surface area contributed by atoms with Gasteiger partial charge in [-0.1, -0.05) is 60.7 Å². The molecule has 2 aromatic rings. The lowest BCUT2D eigenvalue weighted by atomic mass is 9.74. The average molecular weight is 408 g/mol. The van der Waals surface area contributed by atoms with Crippen LogP contribution >= 0.6 is 0 Å². The van der Waals surface area contributed by atoms with Crippen LogP contribution in [0.4, 0.5) is 0 Å². The highest BCUT2D eigenvalue weighted by atomic mass is 16.5. The lowest BCUT2D eigenvalue weighted by molar-refractivity contribution is -0.160. The number of Topliss-reactive ketones (excluding diaryl/α,β-unsaturated/α-hetero) is 1. The molecule has 158 valence electrons. The van der Waals surface area contributed by atoms with Crippen molar-refractivity contribution < 1.29 is 19.1 Å². The average Bonchev–Trinajstić information content (AvgIpc) is 2.80. The van der Waals surface area contributed by atoms with Crippen LogP contribution in [0.5, 0.6) is 0 Å². The first-order valence-corrected chi connectivity index (χ1v) is 10.7. The zero-order chi connectivity index (χ0) is 21.4. The number of rotatable bonds is 8. The summed E-state index contributed by atoms with van der Waals surface area (Å²) in [6.07, 6.45) is 3.54. The zero-order valence-corrected chi connectivity index (χ0v) is 17.5. The van der Waals surface area contributed by atoms with Crippen molar-refractivity contribution in [2.24, 2.45) is 5.41 Å². The molecular formula is C25H29NO4. The molecule has 1 aliphatic heterocycles. The summed E-state index contributed by atoms with van der Waals surface area (Å²) in [6.45, 7) is 2.93. The maximum atomic E-state index is 12.8.